The van der Waals surface area contributed by atoms with E-state index in [1.165, 1.54) is 17.3 Å². The minimum atomic E-state index is -0.0331. The van der Waals surface area contributed by atoms with Gasteiger partial charge in [-0.3, -0.25) is 4.79 Å². The fourth-order valence-electron chi connectivity index (χ4n) is 1.41. The van der Waals surface area contributed by atoms with E-state index in [-0.39, 0.29) is 5.91 Å². The molecule has 1 amide bonds. The van der Waals surface area contributed by atoms with E-state index in [0.29, 0.717) is 18.7 Å². The Balaban J connectivity index is 2.36. The minimum Gasteiger partial charge on any atom is -0.354 e. The number of hydrogen-bond donors (Lipinski definition) is 2. The lowest BCUT2D eigenvalue weighted by Crippen LogP contribution is -2.25. The molecule has 0 radical (unpaired) electrons. The van der Waals surface area contributed by atoms with Gasteiger partial charge in [-0.15, -0.1) is 11.8 Å². The van der Waals surface area contributed by atoms with Crippen molar-refractivity contribution < 1.29 is 4.79 Å². The van der Waals surface area contributed by atoms with Gasteiger partial charge >= 0.3 is 0 Å². The molecule has 1 aromatic rings. The van der Waals surface area contributed by atoms with Gasteiger partial charge in [-0.2, -0.15) is 5.26 Å². The summed E-state index contributed by atoms with van der Waals surface area (Å²) in [6.07, 6.45) is 0.355. The maximum absolute atomic E-state index is 11.4. The van der Waals surface area contributed by atoms with Crippen molar-refractivity contribution in [1.29, 1.82) is 5.26 Å². The third kappa shape index (κ3) is 5.71. The molecule has 0 aromatic heterocycles. The summed E-state index contributed by atoms with van der Waals surface area (Å²) in [6.45, 7) is 1.25. The fraction of sp³-hybridized carbons (Fsp3) is 0.385. The number of hydrogen-bond acceptors (Lipinski definition) is 4. The van der Waals surface area contributed by atoms with E-state index in [1.807, 2.05) is 31.3 Å². The van der Waals surface area contributed by atoms with Gasteiger partial charge in [0.15, 0.2) is 0 Å². The van der Waals surface area contributed by atoms with Crippen LogP contribution in [-0.4, -0.2) is 25.3 Å². The van der Waals surface area contributed by atoms with Crippen molar-refractivity contribution >= 4 is 17.7 Å². The summed E-state index contributed by atoms with van der Waals surface area (Å²) in [7, 11) is 1.91. The van der Waals surface area contributed by atoms with Crippen molar-refractivity contribution in [2.75, 3.05) is 19.3 Å². The molecule has 0 atom stereocenters. The Hall–Kier alpha value is -1.51. The number of nitriles is 1. The molecular formula is C13H17N3OS. The van der Waals surface area contributed by atoms with Crippen LogP contribution < -0.4 is 10.6 Å². The molecule has 0 bridgehead atoms. The van der Waals surface area contributed by atoms with E-state index in [9.17, 15) is 4.79 Å². The molecule has 0 unspecified atom stereocenters. The van der Waals surface area contributed by atoms with E-state index in [1.54, 1.807) is 0 Å². The number of carbonyl (C=O) groups excluding carboxylic acids is 1. The molecule has 1 rings (SSSR count). The monoisotopic (exact) mass is 263 g/mol. The molecule has 4 nitrogen and oxygen atoms in total. The van der Waals surface area contributed by atoms with Gasteiger partial charge in [0.25, 0.3) is 0 Å². The summed E-state index contributed by atoms with van der Waals surface area (Å²) in [4.78, 5) is 12.5. The first-order valence-corrected chi connectivity index (χ1v) is 6.75. The van der Waals surface area contributed by atoms with Crippen LogP contribution in [0.2, 0.25) is 0 Å². The summed E-state index contributed by atoms with van der Waals surface area (Å²) < 4.78 is 0. The molecule has 0 spiro atoms. The zero-order valence-electron chi connectivity index (χ0n) is 10.4. The maximum Gasteiger partial charge on any atom is 0.230 e. The van der Waals surface area contributed by atoms with Crippen LogP contribution in [0.3, 0.4) is 0 Å². The number of carbonyl (C=O) groups is 1. The van der Waals surface area contributed by atoms with Crippen molar-refractivity contribution in [3.63, 3.8) is 0 Å². The number of benzene rings is 1. The minimum absolute atomic E-state index is 0.0331. The first-order chi connectivity index (χ1) is 8.76. The average Bonchev–Trinajstić information content (AvgIpc) is 2.38. The van der Waals surface area contributed by atoms with Gasteiger partial charge in [0.2, 0.25) is 5.91 Å². The SMILES string of the molecule is CNCc1cccc(SCC(=O)NCCC#N)c1. The second-order valence-corrected chi connectivity index (χ2v) is 4.77. The normalized spacial score (nSPS) is 9.78. The lowest BCUT2D eigenvalue weighted by atomic mass is 10.2. The lowest BCUT2D eigenvalue weighted by Gasteiger charge is -2.05. The number of rotatable bonds is 7. The topological polar surface area (TPSA) is 64.9 Å². The Morgan fingerprint density at radius 1 is 1.50 bits per heavy atom. The molecule has 0 saturated heterocycles. The van der Waals surface area contributed by atoms with Crippen LogP contribution in [0.15, 0.2) is 29.2 Å². The van der Waals surface area contributed by atoms with Gasteiger partial charge in [-0.1, -0.05) is 12.1 Å². The standard InChI is InChI=1S/C13H17N3OS/c1-15-9-11-4-2-5-12(8-11)18-10-13(17)16-7-3-6-14/h2,4-5,8,15H,3,7,9-10H2,1H3,(H,16,17). The number of amides is 1. The van der Waals surface area contributed by atoms with Crippen LogP contribution in [0.1, 0.15) is 12.0 Å². The largest absolute Gasteiger partial charge is 0.354 e. The van der Waals surface area contributed by atoms with E-state index < -0.39 is 0 Å². The molecule has 0 fully saturated rings. The smallest absolute Gasteiger partial charge is 0.230 e. The quantitative estimate of drug-likeness (QED) is 0.578. The van der Waals surface area contributed by atoms with Gasteiger partial charge in [0, 0.05) is 18.0 Å². The predicted octanol–water partition coefficient (Wildman–Crippen LogP) is 1.53. The fourth-order valence-corrected chi connectivity index (χ4v) is 2.22. The first kappa shape index (κ1) is 14.6. The third-order valence-corrected chi connectivity index (χ3v) is 3.20. The molecule has 1 aromatic carbocycles. The van der Waals surface area contributed by atoms with Crippen molar-refractivity contribution in [3.8, 4) is 6.07 Å². The maximum atomic E-state index is 11.4. The van der Waals surface area contributed by atoms with Gasteiger partial charge in [0.1, 0.15) is 0 Å². The van der Waals surface area contributed by atoms with E-state index >= 15 is 0 Å². The van der Waals surface area contributed by atoms with Crippen molar-refractivity contribution in [2.24, 2.45) is 0 Å². The highest BCUT2D eigenvalue weighted by Gasteiger charge is 2.02. The van der Waals surface area contributed by atoms with Crippen molar-refractivity contribution in [3.05, 3.63) is 29.8 Å². The molecule has 0 saturated carbocycles. The van der Waals surface area contributed by atoms with Crippen LogP contribution in [0.5, 0.6) is 0 Å². The predicted molar refractivity (Wildman–Crippen MR) is 73.2 cm³/mol. The third-order valence-electron chi connectivity index (χ3n) is 2.21. The zero-order chi connectivity index (χ0) is 13.2. The molecular weight excluding hydrogens is 246 g/mol. The molecule has 0 aliphatic carbocycles. The number of nitrogens with zero attached hydrogens (tertiary/aromatic N) is 1. The molecule has 2 N–H and O–H groups in total. The first-order valence-electron chi connectivity index (χ1n) is 5.76. The van der Waals surface area contributed by atoms with Crippen LogP contribution >= 0.6 is 11.8 Å². The van der Waals surface area contributed by atoms with Gasteiger partial charge in [-0.25, -0.2) is 0 Å². The van der Waals surface area contributed by atoms with Gasteiger partial charge in [-0.05, 0) is 24.7 Å². The molecule has 5 heteroatoms. The number of thioether (sulfide) groups is 1. The summed E-state index contributed by atoms with van der Waals surface area (Å²) in [6, 6.07) is 10.1. The van der Waals surface area contributed by atoms with Gasteiger partial charge in [0.05, 0.1) is 18.2 Å². The Bertz CT molecular complexity index is 428. The molecule has 0 aliphatic rings. The van der Waals surface area contributed by atoms with Crippen molar-refractivity contribution in [2.45, 2.75) is 17.9 Å². The zero-order valence-corrected chi connectivity index (χ0v) is 11.2. The second-order valence-electron chi connectivity index (χ2n) is 3.72. The van der Waals surface area contributed by atoms with Gasteiger partial charge < -0.3 is 10.6 Å². The highest BCUT2D eigenvalue weighted by Crippen LogP contribution is 2.18. The Labute approximate surface area is 112 Å². The van der Waals surface area contributed by atoms with Crippen LogP contribution in [0.4, 0.5) is 0 Å². The van der Waals surface area contributed by atoms with Crippen LogP contribution in [0, 0.1) is 11.3 Å². The average molecular weight is 263 g/mol. The van der Waals surface area contributed by atoms with E-state index in [2.05, 4.69) is 16.7 Å². The Morgan fingerprint density at radius 3 is 3.06 bits per heavy atom. The number of nitrogens with one attached hydrogen (secondary N) is 2. The Morgan fingerprint density at radius 2 is 2.33 bits per heavy atom. The lowest BCUT2D eigenvalue weighted by molar-refractivity contribution is -0.118. The summed E-state index contributed by atoms with van der Waals surface area (Å²) in [5.74, 6) is 0.350. The highest BCUT2D eigenvalue weighted by atomic mass is 32.2. The summed E-state index contributed by atoms with van der Waals surface area (Å²) in [5, 5.41) is 14.1. The second kappa shape index (κ2) is 8.56. The molecule has 18 heavy (non-hydrogen) atoms. The summed E-state index contributed by atoms with van der Waals surface area (Å²) >= 11 is 1.50. The van der Waals surface area contributed by atoms with Crippen LogP contribution in [0.25, 0.3) is 0 Å². The highest BCUT2D eigenvalue weighted by molar-refractivity contribution is 8.00. The van der Waals surface area contributed by atoms with E-state index in [0.717, 1.165) is 11.4 Å². The van der Waals surface area contributed by atoms with E-state index in [4.69, 9.17) is 5.26 Å². The molecule has 0 aliphatic heterocycles. The molecule has 96 valence electrons. The van der Waals surface area contributed by atoms with Crippen molar-refractivity contribution in [1.82, 2.24) is 10.6 Å². The van der Waals surface area contributed by atoms with Crippen LogP contribution in [-0.2, 0) is 11.3 Å². The Kier molecular flexibility index (Phi) is 6.92. The summed E-state index contributed by atoms with van der Waals surface area (Å²) in [5.41, 5.74) is 1.20. The molecule has 0 heterocycles.